The Balaban J connectivity index is 0.00000142. The van der Waals surface area contributed by atoms with Crippen molar-refractivity contribution in [1.29, 1.82) is 0 Å². The normalized spacial score (nSPS) is 9.91. The zero-order valence-electron chi connectivity index (χ0n) is 25.3. The number of rotatable bonds is 14. The fraction of sp³-hybridized carbons (Fsp3) is 0.229. The molecule has 2 N–H and O–H groups in total. The molecular weight excluding hydrogens is 680 g/mol. The number of carboxylic acid groups (broad SMARTS) is 1. The summed E-state index contributed by atoms with van der Waals surface area (Å²) in [6, 6.07) is 30.0. The van der Waals surface area contributed by atoms with Crippen LogP contribution < -0.4 is 9.80 Å². The van der Waals surface area contributed by atoms with Gasteiger partial charge in [-0.3, -0.25) is 24.7 Å². The topological polar surface area (TPSA) is 116 Å². The minimum atomic E-state index is -0.250. The number of pyridine rings is 4. The van der Waals surface area contributed by atoms with Crippen LogP contribution in [0.1, 0.15) is 22.8 Å². The molecular formula is C35H38Cu2N6O3+2. The van der Waals surface area contributed by atoms with Crippen molar-refractivity contribution >= 4 is 17.8 Å². The van der Waals surface area contributed by atoms with Crippen molar-refractivity contribution in [1.82, 2.24) is 19.9 Å². The van der Waals surface area contributed by atoms with E-state index in [4.69, 9.17) is 9.90 Å². The second-order valence-electron chi connectivity index (χ2n) is 10.0. The third-order valence-electron chi connectivity index (χ3n) is 7.13. The number of benzene rings is 1. The second kappa shape index (κ2) is 21.5. The first-order valence-electron chi connectivity index (χ1n) is 14.7. The third kappa shape index (κ3) is 12.3. The number of phenols is 1. The Kier molecular flexibility index (Phi) is 17.7. The number of nitrogens with zero attached hydrogens (tertiary/aromatic N) is 6. The van der Waals surface area contributed by atoms with Crippen molar-refractivity contribution in [2.75, 3.05) is 36.0 Å². The summed E-state index contributed by atoms with van der Waals surface area (Å²) in [7, 11) is 0. The molecule has 4 aromatic heterocycles. The van der Waals surface area contributed by atoms with E-state index >= 15 is 0 Å². The average Bonchev–Trinajstić information content (AvgIpc) is 3.08. The van der Waals surface area contributed by atoms with Crippen molar-refractivity contribution in [3.05, 3.63) is 139 Å². The maximum atomic E-state index is 11.8. The first-order valence-corrected chi connectivity index (χ1v) is 14.7. The van der Waals surface area contributed by atoms with Gasteiger partial charge in [0.05, 0.1) is 11.4 Å². The van der Waals surface area contributed by atoms with Crippen molar-refractivity contribution in [3.8, 4) is 5.75 Å². The van der Waals surface area contributed by atoms with E-state index in [2.05, 4.69) is 29.7 Å². The van der Waals surface area contributed by atoms with Gasteiger partial charge in [0.1, 0.15) is 0 Å². The molecule has 5 aromatic rings. The Morgan fingerprint density at radius 3 is 1.02 bits per heavy atom. The second-order valence-corrected chi connectivity index (χ2v) is 10.0. The number of para-hydroxylation sites is 1. The maximum Gasteiger partial charge on any atom is 1.00 e. The summed E-state index contributed by atoms with van der Waals surface area (Å²) in [6.45, 7) is 2.65. The van der Waals surface area contributed by atoms with E-state index in [1.165, 1.54) is 0 Å². The number of hydrogen-bond acceptors (Lipinski definition) is 8. The largest absolute Gasteiger partial charge is 1.00 e. The van der Waals surface area contributed by atoms with Crippen LogP contribution in [-0.4, -0.2) is 62.8 Å². The SMILES string of the molecule is O=CO.Oc1c(N(CCc2ccccn2)CCc2ccccn2)cccc1N(CCc1ccccn1)CCc1ccccn1.[Cu+].[Cu+]. The molecule has 0 amide bonds. The Labute approximate surface area is 291 Å². The average molecular weight is 718 g/mol. The zero-order valence-corrected chi connectivity index (χ0v) is 27.2. The van der Waals surface area contributed by atoms with Gasteiger partial charge in [-0.15, -0.1) is 0 Å². The number of phenolic OH excluding ortho intramolecular Hbond substituents is 1. The number of hydrogen-bond donors (Lipinski definition) is 2. The molecule has 0 aliphatic rings. The van der Waals surface area contributed by atoms with Gasteiger partial charge < -0.3 is 20.0 Å². The molecule has 0 aliphatic carbocycles. The van der Waals surface area contributed by atoms with Crippen LogP contribution in [0.25, 0.3) is 0 Å². The number of aromatic hydroxyl groups is 1. The molecule has 0 bridgehead atoms. The van der Waals surface area contributed by atoms with Crippen molar-refractivity contribution in [3.63, 3.8) is 0 Å². The van der Waals surface area contributed by atoms with Crippen molar-refractivity contribution < 1.29 is 49.1 Å². The van der Waals surface area contributed by atoms with E-state index in [-0.39, 0.29) is 46.4 Å². The predicted molar refractivity (Wildman–Crippen MR) is 173 cm³/mol. The molecule has 0 unspecified atom stereocenters. The van der Waals surface area contributed by atoms with Gasteiger partial charge in [0.15, 0.2) is 5.75 Å². The molecule has 4 heterocycles. The maximum absolute atomic E-state index is 11.8. The number of anilines is 2. The van der Waals surface area contributed by atoms with E-state index in [1.54, 1.807) is 0 Å². The molecule has 0 saturated heterocycles. The van der Waals surface area contributed by atoms with Crippen LogP contribution in [-0.2, 0) is 64.6 Å². The standard InChI is InChI=1S/C34H36N6O.CH2O2.2Cu/c41-34-32(39(24-16-28-10-1-5-20-35-28)25-17-29-11-2-6-21-36-29)14-9-15-33(34)40(26-18-30-12-3-7-22-37-30)27-19-31-13-4-8-23-38-31;2-1-3;;/h1-15,20-23,41H,16-19,24-27H2;1H,(H,2,3);;/q;;2*+1. The van der Waals surface area contributed by atoms with Crippen LogP contribution in [0, 0.1) is 0 Å². The van der Waals surface area contributed by atoms with Crippen molar-refractivity contribution in [2.24, 2.45) is 0 Å². The van der Waals surface area contributed by atoms with E-state index in [0.29, 0.717) is 0 Å². The summed E-state index contributed by atoms with van der Waals surface area (Å²) >= 11 is 0. The number of carbonyl (C=O) groups is 1. The molecule has 9 nitrogen and oxygen atoms in total. The number of aromatic nitrogens is 4. The van der Waals surface area contributed by atoms with E-state index in [1.807, 2.05) is 116 Å². The van der Waals surface area contributed by atoms with Crippen LogP contribution in [0.2, 0.25) is 0 Å². The van der Waals surface area contributed by atoms with Crippen LogP contribution in [0.3, 0.4) is 0 Å². The molecule has 0 aliphatic heterocycles. The smallest absolute Gasteiger partial charge is 0.504 e. The van der Waals surface area contributed by atoms with Gasteiger partial charge in [0, 0.05) is 99.4 Å². The zero-order chi connectivity index (χ0) is 30.8. The van der Waals surface area contributed by atoms with Gasteiger partial charge in [-0.1, -0.05) is 30.3 Å². The summed E-state index contributed by atoms with van der Waals surface area (Å²) < 4.78 is 0. The monoisotopic (exact) mass is 716 g/mol. The molecule has 0 radical (unpaired) electrons. The summed E-state index contributed by atoms with van der Waals surface area (Å²) in [5.74, 6) is 0.289. The summed E-state index contributed by atoms with van der Waals surface area (Å²) in [5.41, 5.74) is 5.73. The molecule has 11 heteroatoms. The Hall–Kier alpha value is -4.27. The molecule has 0 fully saturated rings. The van der Waals surface area contributed by atoms with Gasteiger partial charge in [-0.2, -0.15) is 0 Å². The quantitative estimate of drug-likeness (QED) is 0.117. The molecule has 5 rings (SSSR count). The molecule has 0 saturated carbocycles. The minimum absolute atomic E-state index is 0. The Morgan fingerprint density at radius 1 is 0.500 bits per heavy atom. The van der Waals surface area contributed by atoms with Gasteiger partial charge in [-0.25, -0.2) is 0 Å². The van der Waals surface area contributed by atoms with Crippen LogP contribution in [0.4, 0.5) is 11.4 Å². The van der Waals surface area contributed by atoms with Crippen LogP contribution >= 0.6 is 0 Å². The van der Waals surface area contributed by atoms with Gasteiger partial charge in [0.25, 0.3) is 6.47 Å². The molecule has 46 heavy (non-hydrogen) atoms. The van der Waals surface area contributed by atoms with Crippen LogP contribution in [0.15, 0.2) is 116 Å². The van der Waals surface area contributed by atoms with Crippen LogP contribution in [0.5, 0.6) is 5.75 Å². The fourth-order valence-electron chi connectivity index (χ4n) is 4.92. The Bertz CT molecular complexity index is 1330. The van der Waals surface area contributed by atoms with Crippen molar-refractivity contribution in [2.45, 2.75) is 25.7 Å². The molecule has 1 aromatic carbocycles. The Morgan fingerprint density at radius 2 is 0.783 bits per heavy atom. The predicted octanol–water partition coefficient (Wildman–Crippen LogP) is 5.25. The summed E-state index contributed by atoms with van der Waals surface area (Å²) in [5, 5.41) is 18.7. The first kappa shape index (κ1) is 37.9. The third-order valence-corrected chi connectivity index (χ3v) is 7.13. The molecule has 0 atom stereocenters. The molecule has 0 spiro atoms. The van der Waals surface area contributed by atoms with Gasteiger partial charge >= 0.3 is 34.1 Å². The molecule has 246 valence electrons. The summed E-state index contributed by atoms with van der Waals surface area (Å²) in [4.78, 5) is 30.9. The van der Waals surface area contributed by atoms with E-state index < -0.39 is 0 Å². The first-order chi connectivity index (χ1) is 21.7. The minimum Gasteiger partial charge on any atom is -0.504 e. The van der Waals surface area contributed by atoms with E-state index in [0.717, 1.165) is 86.0 Å². The summed E-state index contributed by atoms with van der Waals surface area (Å²) in [6.07, 6.45) is 10.4. The fourth-order valence-corrected chi connectivity index (χ4v) is 4.92. The van der Waals surface area contributed by atoms with Gasteiger partial charge in [0.2, 0.25) is 0 Å². The van der Waals surface area contributed by atoms with Gasteiger partial charge in [-0.05, 0) is 60.7 Å². The van der Waals surface area contributed by atoms with E-state index in [9.17, 15) is 5.11 Å².